The van der Waals surface area contributed by atoms with Gasteiger partial charge >= 0.3 is 0 Å². The van der Waals surface area contributed by atoms with E-state index in [0.29, 0.717) is 13.0 Å². The van der Waals surface area contributed by atoms with Crippen LogP contribution in [0.5, 0.6) is 0 Å². The second kappa shape index (κ2) is 5.63. The smallest absolute Gasteiger partial charge is 0.0990 e. The first-order valence-electron chi connectivity index (χ1n) is 4.97. The van der Waals surface area contributed by atoms with Crippen molar-refractivity contribution in [1.29, 1.82) is 0 Å². The van der Waals surface area contributed by atoms with Crippen molar-refractivity contribution in [3.63, 3.8) is 0 Å². The van der Waals surface area contributed by atoms with Crippen LogP contribution < -0.4 is 0 Å². The molecule has 1 atom stereocenters. The maximum atomic E-state index is 9.98. The first-order valence-corrected chi connectivity index (χ1v) is 5.77. The SMILES string of the molecule is COCCC(O)c1c(Br)cnn1C(C)C. The van der Waals surface area contributed by atoms with Crippen molar-refractivity contribution in [3.05, 3.63) is 16.4 Å². The predicted octanol–water partition coefficient (Wildman–Crippen LogP) is 2.30. The van der Waals surface area contributed by atoms with E-state index in [4.69, 9.17) is 4.74 Å². The fourth-order valence-corrected chi connectivity index (χ4v) is 1.98. The van der Waals surface area contributed by atoms with E-state index < -0.39 is 6.10 Å². The number of halogens is 1. The lowest BCUT2D eigenvalue weighted by atomic mass is 10.2. The zero-order chi connectivity index (χ0) is 11.4. The van der Waals surface area contributed by atoms with E-state index >= 15 is 0 Å². The van der Waals surface area contributed by atoms with Crippen LogP contribution in [0.15, 0.2) is 10.7 Å². The van der Waals surface area contributed by atoms with E-state index in [1.807, 2.05) is 18.5 Å². The Balaban J connectivity index is 2.85. The van der Waals surface area contributed by atoms with Crippen molar-refractivity contribution in [3.8, 4) is 0 Å². The van der Waals surface area contributed by atoms with Crippen LogP contribution >= 0.6 is 15.9 Å². The minimum absolute atomic E-state index is 0.239. The standard InChI is InChI=1S/C10H17BrN2O2/c1-7(2)13-10(8(11)6-12-13)9(14)4-5-15-3/h6-7,9,14H,4-5H2,1-3H3. The number of aromatic nitrogens is 2. The number of aliphatic hydroxyl groups is 1. The molecular formula is C10H17BrN2O2. The zero-order valence-corrected chi connectivity index (χ0v) is 10.9. The molecule has 0 spiro atoms. The normalized spacial score (nSPS) is 13.5. The largest absolute Gasteiger partial charge is 0.387 e. The summed E-state index contributed by atoms with van der Waals surface area (Å²) in [7, 11) is 1.63. The summed E-state index contributed by atoms with van der Waals surface area (Å²) in [6.45, 7) is 4.61. The van der Waals surface area contributed by atoms with Gasteiger partial charge in [-0.05, 0) is 29.8 Å². The van der Waals surface area contributed by atoms with E-state index in [-0.39, 0.29) is 6.04 Å². The Kier molecular flexibility index (Phi) is 4.76. The highest BCUT2D eigenvalue weighted by Gasteiger charge is 2.18. The number of rotatable bonds is 5. The number of hydrogen-bond acceptors (Lipinski definition) is 3. The average Bonchev–Trinajstić information content (AvgIpc) is 2.56. The first kappa shape index (κ1) is 12.7. The highest BCUT2D eigenvalue weighted by Crippen LogP contribution is 2.27. The molecule has 0 radical (unpaired) electrons. The van der Waals surface area contributed by atoms with Crippen LogP contribution in [0.4, 0.5) is 0 Å². The van der Waals surface area contributed by atoms with Crippen LogP contribution in [0.1, 0.15) is 38.1 Å². The third kappa shape index (κ3) is 3.03. The molecule has 1 unspecified atom stereocenters. The molecular weight excluding hydrogens is 260 g/mol. The molecule has 0 fully saturated rings. The summed E-state index contributed by atoms with van der Waals surface area (Å²) < 4.78 is 7.62. The molecule has 86 valence electrons. The Morgan fingerprint density at radius 2 is 2.27 bits per heavy atom. The van der Waals surface area contributed by atoms with Crippen molar-refractivity contribution < 1.29 is 9.84 Å². The van der Waals surface area contributed by atoms with Gasteiger partial charge in [0.15, 0.2) is 0 Å². The van der Waals surface area contributed by atoms with Gasteiger partial charge in [-0.25, -0.2) is 0 Å². The summed E-state index contributed by atoms with van der Waals surface area (Å²) in [5.74, 6) is 0. The number of nitrogens with zero attached hydrogens (tertiary/aromatic N) is 2. The van der Waals surface area contributed by atoms with Crippen LogP contribution in [0.2, 0.25) is 0 Å². The van der Waals surface area contributed by atoms with Crippen molar-refractivity contribution in [2.75, 3.05) is 13.7 Å². The number of hydrogen-bond donors (Lipinski definition) is 1. The molecule has 0 bridgehead atoms. The van der Waals surface area contributed by atoms with Gasteiger partial charge in [-0.2, -0.15) is 5.10 Å². The number of ether oxygens (including phenoxy) is 1. The van der Waals surface area contributed by atoms with Gasteiger partial charge in [-0.15, -0.1) is 0 Å². The van der Waals surface area contributed by atoms with Gasteiger partial charge in [-0.3, -0.25) is 4.68 Å². The molecule has 0 saturated carbocycles. The van der Waals surface area contributed by atoms with Gasteiger partial charge in [0.05, 0.1) is 22.5 Å². The molecule has 1 heterocycles. The molecule has 0 amide bonds. The molecule has 0 saturated heterocycles. The summed E-state index contributed by atoms with van der Waals surface area (Å²) in [5.41, 5.74) is 0.821. The van der Waals surface area contributed by atoms with E-state index in [9.17, 15) is 5.11 Å². The van der Waals surface area contributed by atoms with Gasteiger partial charge in [0.25, 0.3) is 0 Å². The lowest BCUT2D eigenvalue weighted by Crippen LogP contribution is -2.13. The highest BCUT2D eigenvalue weighted by molar-refractivity contribution is 9.10. The monoisotopic (exact) mass is 276 g/mol. The third-order valence-electron chi connectivity index (χ3n) is 2.19. The molecule has 15 heavy (non-hydrogen) atoms. The Morgan fingerprint density at radius 3 is 2.80 bits per heavy atom. The summed E-state index contributed by atoms with van der Waals surface area (Å²) in [5, 5.41) is 14.2. The van der Waals surface area contributed by atoms with Crippen molar-refractivity contribution in [1.82, 2.24) is 9.78 Å². The molecule has 1 N–H and O–H groups in total. The highest BCUT2D eigenvalue weighted by atomic mass is 79.9. The Bertz CT molecular complexity index is 312. The third-order valence-corrected chi connectivity index (χ3v) is 2.80. The van der Waals surface area contributed by atoms with E-state index in [0.717, 1.165) is 10.2 Å². The van der Waals surface area contributed by atoms with Crippen LogP contribution in [-0.4, -0.2) is 28.6 Å². The van der Waals surface area contributed by atoms with Crippen molar-refractivity contribution in [2.45, 2.75) is 32.4 Å². The molecule has 4 nitrogen and oxygen atoms in total. The summed E-state index contributed by atoms with van der Waals surface area (Å²) in [6, 6.07) is 0.239. The Labute approximate surface area is 98.4 Å². The fourth-order valence-electron chi connectivity index (χ4n) is 1.44. The molecule has 0 aliphatic rings. The van der Waals surface area contributed by atoms with E-state index in [1.54, 1.807) is 13.3 Å². The zero-order valence-electron chi connectivity index (χ0n) is 9.27. The summed E-state index contributed by atoms with van der Waals surface area (Å²) >= 11 is 3.39. The van der Waals surface area contributed by atoms with Crippen LogP contribution in [0.3, 0.4) is 0 Å². The topological polar surface area (TPSA) is 47.3 Å². The van der Waals surface area contributed by atoms with Crippen molar-refractivity contribution >= 4 is 15.9 Å². The molecule has 1 aromatic rings. The minimum atomic E-state index is -0.538. The lowest BCUT2D eigenvalue weighted by molar-refractivity contribution is 0.103. The maximum absolute atomic E-state index is 9.98. The number of aliphatic hydroxyl groups excluding tert-OH is 1. The molecule has 1 aromatic heterocycles. The average molecular weight is 277 g/mol. The van der Waals surface area contributed by atoms with Crippen LogP contribution in [0.25, 0.3) is 0 Å². The molecule has 0 aliphatic carbocycles. The second-order valence-corrected chi connectivity index (χ2v) is 4.57. The maximum Gasteiger partial charge on any atom is 0.0990 e. The van der Waals surface area contributed by atoms with Gasteiger partial charge in [0.2, 0.25) is 0 Å². The predicted molar refractivity (Wildman–Crippen MR) is 61.8 cm³/mol. The molecule has 0 aromatic carbocycles. The minimum Gasteiger partial charge on any atom is -0.387 e. The molecule has 5 heteroatoms. The first-order chi connectivity index (χ1) is 7.07. The Morgan fingerprint density at radius 1 is 1.60 bits per heavy atom. The van der Waals surface area contributed by atoms with Gasteiger partial charge < -0.3 is 9.84 Å². The quantitative estimate of drug-likeness (QED) is 0.898. The van der Waals surface area contributed by atoms with Crippen molar-refractivity contribution in [2.24, 2.45) is 0 Å². The molecule has 1 rings (SSSR count). The lowest BCUT2D eigenvalue weighted by Gasteiger charge is -2.16. The number of methoxy groups -OCH3 is 1. The second-order valence-electron chi connectivity index (χ2n) is 3.71. The van der Waals surface area contributed by atoms with Crippen LogP contribution in [0, 0.1) is 0 Å². The summed E-state index contributed by atoms with van der Waals surface area (Å²) in [6.07, 6.45) is 1.75. The van der Waals surface area contributed by atoms with Crippen LogP contribution in [-0.2, 0) is 4.74 Å². The van der Waals surface area contributed by atoms with Gasteiger partial charge in [0.1, 0.15) is 0 Å². The Hall–Kier alpha value is -0.390. The van der Waals surface area contributed by atoms with E-state index in [2.05, 4.69) is 21.0 Å². The molecule has 0 aliphatic heterocycles. The summed E-state index contributed by atoms with van der Waals surface area (Å²) in [4.78, 5) is 0. The van der Waals surface area contributed by atoms with Gasteiger partial charge in [-0.1, -0.05) is 0 Å². The van der Waals surface area contributed by atoms with Gasteiger partial charge in [0, 0.05) is 26.2 Å². The fraction of sp³-hybridized carbons (Fsp3) is 0.700. The van der Waals surface area contributed by atoms with E-state index in [1.165, 1.54) is 0 Å².